The average molecular weight is 361 g/mol. The molecule has 0 aliphatic rings. The molecule has 0 aromatic heterocycles. The van der Waals surface area contributed by atoms with E-state index in [1.165, 1.54) is 6.07 Å². The molecule has 0 saturated carbocycles. The van der Waals surface area contributed by atoms with Crippen molar-refractivity contribution in [2.45, 2.75) is 13.5 Å². The number of rotatable bonds is 7. The van der Waals surface area contributed by atoms with Crippen LogP contribution < -0.4 is 20.2 Å². The first-order valence-corrected chi connectivity index (χ1v) is 8.16. The van der Waals surface area contributed by atoms with Crippen LogP contribution in [0.15, 0.2) is 47.6 Å². The van der Waals surface area contributed by atoms with Crippen molar-refractivity contribution in [3.63, 3.8) is 0 Å². The maximum atomic E-state index is 13.8. The number of nitrogens with zero attached hydrogens (tertiary/aromatic N) is 1. The van der Waals surface area contributed by atoms with Gasteiger partial charge in [0.05, 0.1) is 13.3 Å². The number of nitrogens with one attached hydrogen (secondary N) is 2. The van der Waals surface area contributed by atoms with Crippen molar-refractivity contribution in [2.75, 3.05) is 13.7 Å². The van der Waals surface area contributed by atoms with E-state index in [9.17, 15) is 4.39 Å². The first kappa shape index (κ1) is 18.7. The molecule has 0 unspecified atom stereocenters. The summed E-state index contributed by atoms with van der Waals surface area (Å²) in [6, 6.07) is 11.9. The summed E-state index contributed by atoms with van der Waals surface area (Å²) in [5.41, 5.74) is 3.86. The summed E-state index contributed by atoms with van der Waals surface area (Å²) >= 11 is 5.05. The summed E-state index contributed by atoms with van der Waals surface area (Å²) in [6.45, 7) is 2.73. The Balaban J connectivity index is 2.16. The van der Waals surface area contributed by atoms with Gasteiger partial charge in [-0.1, -0.05) is 24.3 Å². The Morgan fingerprint density at radius 3 is 2.76 bits per heavy atom. The zero-order valence-electron chi connectivity index (χ0n) is 14.1. The van der Waals surface area contributed by atoms with Crippen molar-refractivity contribution in [3.05, 3.63) is 59.4 Å². The molecule has 0 fully saturated rings. The second-order valence-corrected chi connectivity index (χ2v) is 5.40. The predicted octanol–water partition coefficient (Wildman–Crippen LogP) is 3.23. The van der Waals surface area contributed by atoms with Gasteiger partial charge >= 0.3 is 0 Å². The van der Waals surface area contributed by atoms with Crippen LogP contribution in [0.25, 0.3) is 0 Å². The molecule has 2 aromatic carbocycles. The third-order valence-corrected chi connectivity index (χ3v) is 3.50. The highest BCUT2D eigenvalue weighted by molar-refractivity contribution is 7.80. The number of methoxy groups -OCH3 is 1. The van der Waals surface area contributed by atoms with Crippen molar-refractivity contribution < 1.29 is 13.9 Å². The van der Waals surface area contributed by atoms with Gasteiger partial charge in [0.1, 0.15) is 12.4 Å². The molecule has 2 aromatic rings. The zero-order valence-corrected chi connectivity index (χ0v) is 14.9. The van der Waals surface area contributed by atoms with Crippen molar-refractivity contribution in [3.8, 4) is 11.5 Å². The molecule has 0 bridgehead atoms. The van der Waals surface area contributed by atoms with E-state index in [1.54, 1.807) is 37.6 Å². The summed E-state index contributed by atoms with van der Waals surface area (Å²) in [7, 11) is 1.55. The van der Waals surface area contributed by atoms with Gasteiger partial charge in [-0.15, -0.1) is 0 Å². The zero-order chi connectivity index (χ0) is 18.1. The Hall–Kier alpha value is -2.67. The maximum Gasteiger partial charge on any atom is 0.186 e. The Morgan fingerprint density at radius 1 is 1.24 bits per heavy atom. The lowest BCUT2D eigenvalue weighted by atomic mass is 10.2. The number of hydrazone groups is 1. The fourth-order valence-corrected chi connectivity index (χ4v) is 2.27. The number of hydrogen-bond donors (Lipinski definition) is 2. The van der Waals surface area contributed by atoms with Gasteiger partial charge in [-0.3, -0.25) is 5.43 Å². The molecule has 0 spiro atoms. The van der Waals surface area contributed by atoms with Crippen molar-refractivity contribution in [1.82, 2.24) is 10.7 Å². The molecule has 2 rings (SSSR count). The molecular formula is C18H20FN3O2S. The van der Waals surface area contributed by atoms with Gasteiger partial charge in [0.2, 0.25) is 0 Å². The van der Waals surface area contributed by atoms with E-state index in [1.807, 2.05) is 19.1 Å². The highest BCUT2D eigenvalue weighted by Gasteiger charge is 2.11. The fourth-order valence-electron chi connectivity index (χ4n) is 2.08. The number of thiocarbonyl (C=S) groups is 1. The highest BCUT2D eigenvalue weighted by atomic mass is 32.1. The Kier molecular flexibility index (Phi) is 7.16. The minimum atomic E-state index is -0.315. The van der Waals surface area contributed by atoms with Gasteiger partial charge in [0, 0.05) is 17.7 Å². The van der Waals surface area contributed by atoms with E-state index in [4.69, 9.17) is 21.7 Å². The molecule has 0 atom stereocenters. The van der Waals surface area contributed by atoms with Crippen molar-refractivity contribution in [1.29, 1.82) is 0 Å². The second-order valence-electron chi connectivity index (χ2n) is 4.99. The number of benzene rings is 2. The van der Waals surface area contributed by atoms with Gasteiger partial charge in [-0.25, -0.2) is 4.39 Å². The van der Waals surface area contributed by atoms with Crippen LogP contribution in [0.1, 0.15) is 18.1 Å². The van der Waals surface area contributed by atoms with E-state index in [0.717, 1.165) is 0 Å². The fraction of sp³-hybridized carbons (Fsp3) is 0.222. The Labute approximate surface area is 151 Å². The van der Waals surface area contributed by atoms with Crippen LogP contribution in [-0.2, 0) is 6.61 Å². The monoisotopic (exact) mass is 361 g/mol. The second kappa shape index (κ2) is 9.58. The van der Waals surface area contributed by atoms with Crippen LogP contribution >= 0.6 is 12.2 Å². The molecule has 0 saturated heterocycles. The quantitative estimate of drug-likeness (QED) is 0.450. The van der Waals surface area contributed by atoms with E-state index in [-0.39, 0.29) is 12.4 Å². The molecule has 0 aliphatic carbocycles. The lowest BCUT2D eigenvalue weighted by Crippen LogP contribution is -2.31. The molecular weight excluding hydrogens is 341 g/mol. The molecule has 7 heteroatoms. The van der Waals surface area contributed by atoms with Gasteiger partial charge in [0.25, 0.3) is 0 Å². The summed E-state index contributed by atoms with van der Waals surface area (Å²) < 4.78 is 24.9. The van der Waals surface area contributed by atoms with Crippen LogP contribution in [0.5, 0.6) is 11.5 Å². The van der Waals surface area contributed by atoms with Crippen molar-refractivity contribution in [2.24, 2.45) is 5.10 Å². The lowest BCUT2D eigenvalue weighted by molar-refractivity contribution is 0.279. The summed E-state index contributed by atoms with van der Waals surface area (Å²) in [5.74, 6) is 0.702. The normalized spacial score (nSPS) is 10.5. The van der Waals surface area contributed by atoms with Crippen LogP contribution in [0.3, 0.4) is 0 Å². The van der Waals surface area contributed by atoms with Gasteiger partial charge < -0.3 is 14.8 Å². The topological polar surface area (TPSA) is 54.9 Å². The van der Waals surface area contributed by atoms with E-state index < -0.39 is 0 Å². The number of halogens is 1. The van der Waals surface area contributed by atoms with Gasteiger partial charge in [0.15, 0.2) is 16.6 Å². The molecule has 132 valence electrons. The minimum Gasteiger partial charge on any atom is -0.493 e. The summed E-state index contributed by atoms with van der Waals surface area (Å²) in [6.07, 6.45) is 1.57. The molecule has 25 heavy (non-hydrogen) atoms. The van der Waals surface area contributed by atoms with Crippen LogP contribution in [0.2, 0.25) is 0 Å². The van der Waals surface area contributed by atoms with Gasteiger partial charge in [-0.05, 0) is 37.3 Å². The number of para-hydroxylation sites is 1. The first-order chi connectivity index (χ1) is 12.2. The van der Waals surface area contributed by atoms with Crippen molar-refractivity contribution >= 4 is 23.5 Å². The van der Waals surface area contributed by atoms with Crippen LogP contribution in [0, 0.1) is 5.82 Å². The van der Waals surface area contributed by atoms with E-state index in [0.29, 0.717) is 34.3 Å². The summed E-state index contributed by atoms with van der Waals surface area (Å²) in [4.78, 5) is 0. The molecule has 0 heterocycles. The van der Waals surface area contributed by atoms with Gasteiger partial charge in [-0.2, -0.15) is 5.10 Å². The minimum absolute atomic E-state index is 0.0805. The molecule has 5 nitrogen and oxygen atoms in total. The van der Waals surface area contributed by atoms with E-state index >= 15 is 0 Å². The molecule has 0 radical (unpaired) electrons. The molecule has 2 N–H and O–H groups in total. The number of hydrogen-bond acceptors (Lipinski definition) is 4. The highest BCUT2D eigenvalue weighted by Crippen LogP contribution is 2.31. The summed E-state index contributed by atoms with van der Waals surface area (Å²) in [5, 5.41) is 7.44. The Morgan fingerprint density at radius 2 is 2.04 bits per heavy atom. The van der Waals surface area contributed by atoms with E-state index in [2.05, 4.69) is 15.8 Å². The van der Waals surface area contributed by atoms with Crippen LogP contribution in [-0.4, -0.2) is 25.0 Å². The predicted molar refractivity (Wildman–Crippen MR) is 101 cm³/mol. The SMILES string of the molecule is CCNC(=S)N/N=C\c1cccc(OC)c1OCc1ccccc1F. The maximum absolute atomic E-state index is 13.8. The smallest absolute Gasteiger partial charge is 0.186 e. The lowest BCUT2D eigenvalue weighted by Gasteiger charge is -2.13. The third-order valence-electron chi connectivity index (χ3n) is 3.27. The van der Waals surface area contributed by atoms with Crippen LogP contribution in [0.4, 0.5) is 4.39 Å². The number of ether oxygens (including phenoxy) is 2. The standard InChI is InChI=1S/C18H20FN3O2S/c1-3-20-18(25)22-21-11-13-8-6-10-16(23-2)17(13)24-12-14-7-4-5-9-15(14)19/h4-11H,3,12H2,1-2H3,(H2,20,22,25)/b21-11-. The first-order valence-electron chi connectivity index (χ1n) is 7.75. The Bertz CT molecular complexity index is 753. The molecule has 0 aliphatic heterocycles. The largest absolute Gasteiger partial charge is 0.493 e. The molecule has 0 amide bonds. The third kappa shape index (κ3) is 5.42. The average Bonchev–Trinajstić information content (AvgIpc) is 2.61.